The summed E-state index contributed by atoms with van der Waals surface area (Å²) < 4.78 is 5.81. The van der Waals surface area contributed by atoms with Crippen LogP contribution in [0.5, 0.6) is 11.8 Å². The number of aromatic nitrogens is 1. The van der Waals surface area contributed by atoms with E-state index in [0.717, 1.165) is 0 Å². The van der Waals surface area contributed by atoms with Crippen LogP contribution in [0.1, 0.15) is 13.8 Å². The Morgan fingerprint density at radius 3 is 2.47 bits per heavy atom. The molecule has 0 amide bonds. The van der Waals surface area contributed by atoms with E-state index in [2.05, 4.69) is 12.6 Å². The van der Waals surface area contributed by atoms with Crippen LogP contribution in [0.3, 0.4) is 0 Å². The van der Waals surface area contributed by atoms with Gasteiger partial charge in [-0.1, -0.05) is 0 Å². The van der Waals surface area contributed by atoms with Gasteiger partial charge in [0.2, 0.25) is 11.8 Å². The van der Waals surface area contributed by atoms with E-state index in [-0.39, 0.29) is 11.8 Å². The highest BCUT2D eigenvalue weighted by Crippen LogP contribution is 2.19. The molecule has 0 saturated heterocycles. The molecular formula is C10H15NO5S. The maximum absolute atomic E-state index is 11.6. The summed E-state index contributed by atoms with van der Waals surface area (Å²) in [6.07, 6.45) is -0.435. The Balaban J connectivity index is 2.66. The van der Waals surface area contributed by atoms with Gasteiger partial charge in [-0.05, 0) is 13.8 Å². The summed E-state index contributed by atoms with van der Waals surface area (Å²) in [4.78, 5) is 16.4. The van der Waals surface area contributed by atoms with E-state index in [0.29, 0.717) is 11.3 Å². The molecule has 0 saturated carbocycles. The van der Waals surface area contributed by atoms with E-state index < -0.39 is 17.3 Å². The van der Waals surface area contributed by atoms with E-state index in [4.69, 9.17) is 9.57 Å². The van der Waals surface area contributed by atoms with Gasteiger partial charge in [0.15, 0.2) is 0 Å². The molecule has 2 unspecified atom stereocenters. The Hall–Kier alpha value is -1.34. The number of hydrogen-bond donors (Lipinski definition) is 3. The smallest absolute Gasteiger partial charge is 0.348 e. The van der Waals surface area contributed by atoms with E-state index in [1.165, 1.54) is 12.1 Å². The zero-order valence-corrected chi connectivity index (χ0v) is 10.4. The number of carbonyl (C=O) groups is 1. The minimum absolute atomic E-state index is 0.375. The van der Waals surface area contributed by atoms with Crippen molar-refractivity contribution in [3.63, 3.8) is 0 Å². The Morgan fingerprint density at radius 1 is 1.47 bits per heavy atom. The summed E-state index contributed by atoms with van der Waals surface area (Å²) in [5, 5.41) is 17.7. The van der Waals surface area contributed by atoms with Crippen molar-refractivity contribution in [2.75, 3.05) is 6.61 Å². The summed E-state index contributed by atoms with van der Waals surface area (Å²) in [6.45, 7) is 3.93. The second-order valence-electron chi connectivity index (χ2n) is 3.36. The Morgan fingerprint density at radius 2 is 2.00 bits per heavy atom. The molecule has 1 heterocycles. The second-order valence-corrected chi connectivity index (χ2v) is 3.92. The number of rotatable bonds is 5. The third-order valence-electron chi connectivity index (χ3n) is 2.09. The number of aromatic hydroxyl groups is 2. The summed E-state index contributed by atoms with van der Waals surface area (Å²) in [5.74, 6) is -1.48. The van der Waals surface area contributed by atoms with Crippen LogP contribution in [-0.2, 0) is 9.53 Å². The number of hydrogen-bond acceptors (Lipinski definition) is 6. The van der Waals surface area contributed by atoms with Crippen LogP contribution in [0.2, 0.25) is 0 Å². The third-order valence-corrected chi connectivity index (χ3v) is 2.73. The van der Waals surface area contributed by atoms with Gasteiger partial charge in [-0.15, -0.1) is 4.73 Å². The molecule has 1 rings (SSSR count). The first-order valence-electron chi connectivity index (χ1n) is 5.08. The summed E-state index contributed by atoms with van der Waals surface area (Å²) in [6, 6.07) is 2.39. The van der Waals surface area contributed by atoms with Crippen molar-refractivity contribution in [1.29, 1.82) is 0 Å². The molecule has 17 heavy (non-hydrogen) atoms. The maximum atomic E-state index is 11.6. The van der Waals surface area contributed by atoms with Gasteiger partial charge in [0.1, 0.15) is 5.25 Å². The molecule has 0 aliphatic carbocycles. The van der Waals surface area contributed by atoms with Crippen molar-refractivity contribution in [2.45, 2.75) is 25.2 Å². The largest absolute Gasteiger partial charge is 0.492 e. The zero-order chi connectivity index (χ0) is 13.0. The van der Waals surface area contributed by atoms with Gasteiger partial charge >= 0.3 is 5.97 Å². The van der Waals surface area contributed by atoms with Crippen molar-refractivity contribution in [2.24, 2.45) is 0 Å². The quantitative estimate of drug-likeness (QED) is 0.675. The van der Waals surface area contributed by atoms with Gasteiger partial charge in [0.05, 0.1) is 6.10 Å². The van der Waals surface area contributed by atoms with Crippen LogP contribution in [0.4, 0.5) is 0 Å². The predicted octanol–water partition coefficient (Wildman–Crippen LogP) is 0.578. The Kier molecular flexibility index (Phi) is 4.71. The van der Waals surface area contributed by atoms with E-state index in [1.807, 2.05) is 0 Å². The maximum Gasteiger partial charge on any atom is 0.348 e. The molecule has 0 aliphatic heterocycles. The molecule has 0 aliphatic rings. The Labute approximate surface area is 104 Å². The van der Waals surface area contributed by atoms with Gasteiger partial charge in [0.25, 0.3) is 0 Å². The minimum atomic E-state index is -0.809. The van der Waals surface area contributed by atoms with Gasteiger partial charge in [-0.25, -0.2) is 4.79 Å². The molecule has 1 aromatic rings. The fraction of sp³-hybridized carbons (Fsp3) is 0.500. The highest BCUT2D eigenvalue weighted by atomic mass is 32.1. The lowest BCUT2D eigenvalue weighted by atomic mass is 10.3. The third kappa shape index (κ3) is 3.31. The van der Waals surface area contributed by atoms with Crippen LogP contribution >= 0.6 is 12.6 Å². The average Bonchev–Trinajstić information content (AvgIpc) is 2.60. The SMILES string of the molecule is CCOC(C)C(S)C(=O)On1c(O)ccc1O. The molecule has 96 valence electrons. The van der Waals surface area contributed by atoms with Gasteiger partial charge in [-0.2, -0.15) is 12.6 Å². The molecule has 0 spiro atoms. The van der Waals surface area contributed by atoms with Crippen molar-refractivity contribution in [1.82, 2.24) is 4.73 Å². The summed E-state index contributed by atoms with van der Waals surface area (Å²) in [5.41, 5.74) is 0. The number of carbonyl (C=O) groups excluding carboxylic acids is 1. The van der Waals surface area contributed by atoms with E-state index in [9.17, 15) is 15.0 Å². The van der Waals surface area contributed by atoms with Crippen molar-refractivity contribution in [3.05, 3.63) is 12.1 Å². The number of thiol groups is 1. The fourth-order valence-corrected chi connectivity index (χ4v) is 1.32. The van der Waals surface area contributed by atoms with Crippen molar-refractivity contribution >= 4 is 18.6 Å². The molecule has 1 aromatic heterocycles. The van der Waals surface area contributed by atoms with Crippen molar-refractivity contribution in [3.8, 4) is 11.8 Å². The molecular weight excluding hydrogens is 246 g/mol. The average molecular weight is 261 g/mol. The lowest BCUT2D eigenvalue weighted by Gasteiger charge is -2.17. The highest BCUT2D eigenvalue weighted by molar-refractivity contribution is 7.81. The van der Waals surface area contributed by atoms with Gasteiger partial charge in [-0.3, -0.25) is 0 Å². The standard InChI is InChI=1S/C10H15NO5S/c1-3-15-6(2)9(17)10(14)16-11-7(12)4-5-8(11)13/h4-6,9,12-13,17H,3H2,1-2H3. The molecule has 0 radical (unpaired) electrons. The van der Waals surface area contributed by atoms with Crippen molar-refractivity contribution < 1.29 is 24.6 Å². The molecule has 7 heteroatoms. The van der Waals surface area contributed by atoms with E-state index in [1.54, 1.807) is 13.8 Å². The van der Waals surface area contributed by atoms with Gasteiger partial charge < -0.3 is 19.8 Å². The van der Waals surface area contributed by atoms with Gasteiger partial charge in [0, 0.05) is 18.7 Å². The lowest BCUT2D eigenvalue weighted by Crippen LogP contribution is -2.35. The first kappa shape index (κ1) is 13.7. The molecule has 2 atom stereocenters. The minimum Gasteiger partial charge on any atom is -0.492 e. The lowest BCUT2D eigenvalue weighted by molar-refractivity contribution is -0.147. The molecule has 0 bridgehead atoms. The number of ether oxygens (including phenoxy) is 1. The number of nitrogens with zero attached hydrogens (tertiary/aromatic N) is 1. The summed E-state index contributed by atoms with van der Waals surface area (Å²) >= 11 is 4.06. The topological polar surface area (TPSA) is 80.9 Å². The highest BCUT2D eigenvalue weighted by Gasteiger charge is 2.25. The second kappa shape index (κ2) is 5.83. The Bertz CT molecular complexity index is 373. The van der Waals surface area contributed by atoms with Crippen LogP contribution in [0, 0.1) is 0 Å². The van der Waals surface area contributed by atoms with Crippen LogP contribution in [-0.4, -0.2) is 38.9 Å². The van der Waals surface area contributed by atoms with E-state index >= 15 is 0 Å². The van der Waals surface area contributed by atoms with Crippen LogP contribution in [0.25, 0.3) is 0 Å². The first-order chi connectivity index (χ1) is 7.97. The zero-order valence-electron chi connectivity index (χ0n) is 9.53. The van der Waals surface area contributed by atoms with Crippen LogP contribution < -0.4 is 4.84 Å². The monoisotopic (exact) mass is 261 g/mol. The van der Waals surface area contributed by atoms with Crippen LogP contribution in [0.15, 0.2) is 12.1 Å². The normalized spacial score (nSPS) is 14.3. The summed E-state index contributed by atoms with van der Waals surface area (Å²) in [7, 11) is 0. The molecule has 0 aromatic carbocycles. The predicted molar refractivity (Wildman–Crippen MR) is 63.2 cm³/mol. The molecule has 2 N–H and O–H groups in total. The fourth-order valence-electron chi connectivity index (χ4n) is 1.19. The molecule has 6 nitrogen and oxygen atoms in total. The molecule has 0 fully saturated rings. The first-order valence-corrected chi connectivity index (χ1v) is 5.60.